The van der Waals surface area contributed by atoms with E-state index in [9.17, 15) is 4.79 Å². The average molecular weight is 408 g/mol. The van der Waals surface area contributed by atoms with Crippen LogP contribution in [0.15, 0.2) is 33.7 Å². The van der Waals surface area contributed by atoms with Gasteiger partial charge in [0.05, 0.1) is 5.69 Å². The number of benzene rings is 1. The molecule has 1 unspecified atom stereocenters. The quantitative estimate of drug-likeness (QED) is 0.381. The maximum Gasteiger partial charge on any atom is 0.223 e. The summed E-state index contributed by atoms with van der Waals surface area (Å²) in [4.78, 5) is 18.3. The highest BCUT2D eigenvalue weighted by Crippen LogP contribution is 2.29. The summed E-state index contributed by atoms with van der Waals surface area (Å²) in [5.41, 5.74) is 1.23. The van der Waals surface area contributed by atoms with Gasteiger partial charge in [0.15, 0.2) is 5.96 Å². The van der Waals surface area contributed by atoms with Crippen LogP contribution >= 0.6 is 15.9 Å². The lowest BCUT2D eigenvalue weighted by molar-refractivity contribution is -0.122. The van der Waals surface area contributed by atoms with Crippen molar-refractivity contribution in [3.05, 3.63) is 28.7 Å². The second-order valence-corrected chi connectivity index (χ2v) is 7.45. The van der Waals surface area contributed by atoms with Gasteiger partial charge in [-0.2, -0.15) is 0 Å². The number of rotatable bonds is 6. The summed E-state index contributed by atoms with van der Waals surface area (Å²) < 4.78 is 1.13. The van der Waals surface area contributed by atoms with Crippen molar-refractivity contribution >= 4 is 33.5 Å². The number of nitrogens with zero attached hydrogens (tertiary/aromatic N) is 2. The number of guanidine groups is 1. The average Bonchev–Trinajstić information content (AvgIpc) is 3.37. The molecule has 1 atom stereocenters. The molecule has 1 aromatic rings. The van der Waals surface area contributed by atoms with Crippen LogP contribution in [0.25, 0.3) is 0 Å². The molecule has 0 aromatic heterocycles. The van der Waals surface area contributed by atoms with E-state index in [0.717, 1.165) is 42.8 Å². The molecule has 1 saturated carbocycles. The third-order valence-electron chi connectivity index (χ3n) is 4.61. The monoisotopic (exact) mass is 407 g/mol. The van der Waals surface area contributed by atoms with E-state index in [-0.39, 0.29) is 11.8 Å². The smallest absolute Gasteiger partial charge is 0.223 e. The van der Waals surface area contributed by atoms with Crippen LogP contribution in [-0.2, 0) is 4.79 Å². The summed E-state index contributed by atoms with van der Waals surface area (Å²) >= 11 is 3.63. The standard InChI is InChI=1S/C18H26BrN5O/c1-20-18(22-10-9-21-17(25)13-6-7-13)23-14-8-11-24(12-14)16-5-3-2-4-15(16)19/h2-5,13-14H,6-12H2,1H3,(H,21,25)(H2,20,22,23). The maximum atomic E-state index is 11.6. The lowest BCUT2D eigenvalue weighted by Crippen LogP contribution is -2.46. The molecule has 6 nitrogen and oxygen atoms in total. The van der Waals surface area contributed by atoms with Gasteiger partial charge in [0.25, 0.3) is 0 Å². The van der Waals surface area contributed by atoms with Crippen LogP contribution < -0.4 is 20.9 Å². The predicted molar refractivity (Wildman–Crippen MR) is 105 cm³/mol. The summed E-state index contributed by atoms with van der Waals surface area (Å²) in [5, 5.41) is 9.71. The Morgan fingerprint density at radius 1 is 1.24 bits per heavy atom. The fourth-order valence-electron chi connectivity index (χ4n) is 3.05. The van der Waals surface area contributed by atoms with Crippen LogP contribution in [-0.4, -0.2) is 51.1 Å². The number of aliphatic imine (C=N–C) groups is 1. The maximum absolute atomic E-state index is 11.6. The van der Waals surface area contributed by atoms with Crippen molar-refractivity contribution in [1.82, 2.24) is 16.0 Å². The van der Waals surface area contributed by atoms with Crippen LogP contribution in [0.1, 0.15) is 19.3 Å². The van der Waals surface area contributed by atoms with Crippen molar-refractivity contribution in [1.29, 1.82) is 0 Å². The Kier molecular flexibility index (Phi) is 6.18. The third kappa shape index (κ3) is 5.11. The van der Waals surface area contributed by atoms with Gasteiger partial charge in [-0.05, 0) is 47.3 Å². The van der Waals surface area contributed by atoms with E-state index in [4.69, 9.17) is 0 Å². The minimum atomic E-state index is 0.185. The van der Waals surface area contributed by atoms with E-state index in [0.29, 0.717) is 19.1 Å². The van der Waals surface area contributed by atoms with Gasteiger partial charge < -0.3 is 20.9 Å². The highest BCUT2D eigenvalue weighted by atomic mass is 79.9. The highest BCUT2D eigenvalue weighted by molar-refractivity contribution is 9.10. The molecule has 136 valence electrons. The predicted octanol–water partition coefficient (Wildman–Crippen LogP) is 1.72. The van der Waals surface area contributed by atoms with Gasteiger partial charge in [0.2, 0.25) is 5.91 Å². The molecule has 3 rings (SSSR count). The summed E-state index contributed by atoms with van der Waals surface area (Å²) in [5.74, 6) is 1.24. The SMILES string of the molecule is CN=C(NCCNC(=O)C1CC1)NC1CCN(c2ccccc2Br)C1. The number of carbonyl (C=O) groups is 1. The number of hydrogen-bond donors (Lipinski definition) is 3. The molecule has 0 radical (unpaired) electrons. The molecular weight excluding hydrogens is 382 g/mol. The van der Waals surface area contributed by atoms with E-state index in [2.05, 4.69) is 60.0 Å². The number of anilines is 1. The van der Waals surface area contributed by atoms with Gasteiger partial charge in [-0.15, -0.1) is 0 Å². The Bertz CT molecular complexity index is 632. The van der Waals surface area contributed by atoms with Crippen LogP contribution in [0.3, 0.4) is 0 Å². The molecule has 1 saturated heterocycles. The molecule has 25 heavy (non-hydrogen) atoms. The highest BCUT2D eigenvalue weighted by Gasteiger charge is 2.29. The number of nitrogens with one attached hydrogen (secondary N) is 3. The van der Waals surface area contributed by atoms with Gasteiger partial charge in [-0.25, -0.2) is 0 Å². The fraction of sp³-hybridized carbons (Fsp3) is 0.556. The third-order valence-corrected chi connectivity index (χ3v) is 5.28. The van der Waals surface area contributed by atoms with Crippen LogP contribution in [0.4, 0.5) is 5.69 Å². The molecule has 0 spiro atoms. The minimum absolute atomic E-state index is 0.185. The number of amides is 1. The van der Waals surface area contributed by atoms with Gasteiger partial charge in [0.1, 0.15) is 0 Å². The van der Waals surface area contributed by atoms with Crippen molar-refractivity contribution in [2.45, 2.75) is 25.3 Å². The molecule has 7 heteroatoms. The fourth-order valence-corrected chi connectivity index (χ4v) is 3.59. The second kappa shape index (κ2) is 8.56. The normalized spacial score (nSPS) is 20.5. The number of para-hydroxylation sites is 1. The Balaban J connectivity index is 1.40. The van der Waals surface area contributed by atoms with E-state index in [1.54, 1.807) is 7.05 Å². The molecule has 2 aliphatic rings. The van der Waals surface area contributed by atoms with Gasteiger partial charge >= 0.3 is 0 Å². The number of halogens is 1. The lowest BCUT2D eigenvalue weighted by Gasteiger charge is -2.21. The summed E-state index contributed by atoms with van der Waals surface area (Å²) in [6, 6.07) is 8.68. The van der Waals surface area contributed by atoms with Crippen molar-refractivity contribution in [2.24, 2.45) is 10.9 Å². The topological polar surface area (TPSA) is 68.8 Å². The zero-order valence-corrected chi connectivity index (χ0v) is 16.2. The minimum Gasteiger partial charge on any atom is -0.368 e. The molecule has 3 N–H and O–H groups in total. The van der Waals surface area contributed by atoms with Crippen molar-refractivity contribution in [2.75, 3.05) is 38.1 Å². The summed E-state index contributed by atoms with van der Waals surface area (Å²) in [7, 11) is 1.78. The molecule has 0 bridgehead atoms. The number of carbonyl (C=O) groups excluding carboxylic acids is 1. The van der Waals surface area contributed by atoms with Gasteiger partial charge in [-0.3, -0.25) is 9.79 Å². The van der Waals surface area contributed by atoms with Gasteiger partial charge in [0, 0.05) is 49.7 Å². The van der Waals surface area contributed by atoms with Crippen molar-refractivity contribution in [3.63, 3.8) is 0 Å². The summed E-state index contributed by atoms with van der Waals surface area (Å²) in [6.45, 7) is 3.28. The zero-order valence-electron chi connectivity index (χ0n) is 14.6. The van der Waals surface area contributed by atoms with Crippen molar-refractivity contribution in [3.8, 4) is 0 Å². The first-order valence-electron chi connectivity index (χ1n) is 8.91. The van der Waals surface area contributed by atoms with E-state index < -0.39 is 0 Å². The molecule has 1 aliphatic heterocycles. The largest absolute Gasteiger partial charge is 0.368 e. The summed E-state index contributed by atoms with van der Waals surface area (Å²) in [6.07, 6.45) is 3.15. The Hall–Kier alpha value is -1.76. The van der Waals surface area contributed by atoms with Crippen LogP contribution in [0, 0.1) is 5.92 Å². The molecule has 1 aromatic carbocycles. The van der Waals surface area contributed by atoms with Gasteiger partial charge in [-0.1, -0.05) is 12.1 Å². The van der Waals surface area contributed by atoms with Crippen LogP contribution in [0.5, 0.6) is 0 Å². The molecule has 2 fully saturated rings. The molecule has 1 amide bonds. The first kappa shape index (κ1) is 18.0. The molecular formula is C18H26BrN5O. The van der Waals surface area contributed by atoms with E-state index in [1.165, 1.54) is 5.69 Å². The Morgan fingerprint density at radius 2 is 2.00 bits per heavy atom. The van der Waals surface area contributed by atoms with E-state index in [1.807, 2.05) is 6.07 Å². The molecule has 1 aliphatic carbocycles. The van der Waals surface area contributed by atoms with Crippen molar-refractivity contribution < 1.29 is 4.79 Å². The second-order valence-electron chi connectivity index (χ2n) is 6.59. The Labute approximate surface area is 157 Å². The zero-order chi connectivity index (χ0) is 17.6. The Morgan fingerprint density at radius 3 is 2.72 bits per heavy atom. The number of hydrogen-bond acceptors (Lipinski definition) is 3. The molecule has 1 heterocycles. The lowest BCUT2D eigenvalue weighted by atomic mass is 10.3. The first-order valence-corrected chi connectivity index (χ1v) is 9.71. The van der Waals surface area contributed by atoms with Crippen LogP contribution in [0.2, 0.25) is 0 Å². The van der Waals surface area contributed by atoms with E-state index >= 15 is 0 Å². The first-order chi connectivity index (χ1) is 12.2.